The number of esters is 1. The zero-order valence-corrected chi connectivity index (χ0v) is 31.9. The smallest absolute Gasteiger partial charge is 0.345 e. The van der Waals surface area contributed by atoms with Crippen LogP contribution in [0.1, 0.15) is 20.7 Å². The number of carbonyl (C=O) groups excluding carboxylic acids is 1. The first kappa shape index (κ1) is 37.6. The minimum absolute atomic E-state index is 0.0305. The SMILES string of the molecule is COC(=O)c1c(OC)cc(-c2cnn3cc(-c4cnn(C)c4)cnc23)cc1OC.COc1cc(-c2cnn3cc(-c4cnn(C)c4)cnc23)cc(OC)c1C(=O)O. The predicted octanol–water partition coefficient (Wildman–Crippen LogP) is 5.11. The Morgan fingerprint density at radius 2 is 0.895 bits per heavy atom. The number of aryl methyl sites for hydroxylation is 2. The molecule has 8 rings (SSSR count). The summed E-state index contributed by atoms with van der Waals surface area (Å²) in [5.74, 6) is -0.569. The summed E-state index contributed by atoms with van der Waals surface area (Å²) in [6.07, 6.45) is 18.0. The highest BCUT2D eigenvalue weighted by Gasteiger charge is 2.23. The summed E-state index contributed by atoms with van der Waals surface area (Å²) in [5, 5.41) is 26.6. The number of nitrogens with zero attached hydrogens (tertiary/aromatic N) is 10. The highest BCUT2D eigenvalue weighted by atomic mass is 16.5. The number of benzene rings is 2. The molecule has 0 fully saturated rings. The number of hydrogen-bond acceptors (Lipinski definition) is 13. The molecule has 0 amide bonds. The summed E-state index contributed by atoms with van der Waals surface area (Å²) in [4.78, 5) is 32.8. The first-order chi connectivity index (χ1) is 27.6. The van der Waals surface area contributed by atoms with Crippen molar-refractivity contribution in [2.75, 3.05) is 35.5 Å². The fourth-order valence-corrected chi connectivity index (χ4v) is 6.24. The Labute approximate surface area is 324 Å². The average Bonchev–Trinajstić information content (AvgIpc) is 4.06. The van der Waals surface area contributed by atoms with Crippen molar-refractivity contribution >= 4 is 23.2 Å². The summed E-state index contributed by atoms with van der Waals surface area (Å²) in [7, 11) is 10.8. The van der Waals surface area contributed by atoms with E-state index in [0.717, 1.165) is 38.9 Å². The molecule has 57 heavy (non-hydrogen) atoms. The topological polar surface area (TPSA) is 197 Å². The maximum absolute atomic E-state index is 12.1. The number of carboxylic acids is 1. The van der Waals surface area contributed by atoms with E-state index in [1.165, 1.54) is 35.5 Å². The highest BCUT2D eigenvalue weighted by Crippen LogP contribution is 2.38. The third-order valence-corrected chi connectivity index (χ3v) is 9.03. The lowest BCUT2D eigenvalue weighted by Crippen LogP contribution is -2.07. The molecule has 6 heterocycles. The van der Waals surface area contributed by atoms with Gasteiger partial charge in [-0.15, -0.1) is 0 Å². The van der Waals surface area contributed by atoms with Gasteiger partial charge in [0.05, 0.1) is 60.3 Å². The summed E-state index contributed by atoms with van der Waals surface area (Å²) < 4.78 is 33.0. The van der Waals surface area contributed by atoms with Gasteiger partial charge in [-0.3, -0.25) is 9.36 Å². The van der Waals surface area contributed by atoms with Crippen molar-refractivity contribution in [3.63, 3.8) is 0 Å². The molecule has 0 radical (unpaired) electrons. The molecule has 0 atom stereocenters. The fraction of sp³-hybridized carbons (Fsp3) is 0.179. The zero-order valence-electron chi connectivity index (χ0n) is 31.9. The number of hydrogen-bond donors (Lipinski definition) is 1. The average molecular weight is 773 g/mol. The number of aromatic carboxylic acids is 1. The first-order valence-corrected chi connectivity index (χ1v) is 17.1. The molecule has 0 aliphatic heterocycles. The largest absolute Gasteiger partial charge is 0.496 e. The van der Waals surface area contributed by atoms with Crippen molar-refractivity contribution < 1.29 is 38.4 Å². The van der Waals surface area contributed by atoms with Crippen molar-refractivity contribution in [1.29, 1.82) is 0 Å². The molecule has 0 aliphatic carbocycles. The maximum atomic E-state index is 12.1. The summed E-state index contributed by atoms with van der Waals surface area (Å²) >= 11 is 0. The first-order valence-electron chi connectivity index (χ1n) is 17.1. The van der Waals surface area contributed by atoms with E-state index in [-0.39, 0.29) is 22.6 Å². The van der Waals surface area contributed by atoms with E-state index in [9.17, 15) is 14.7 Å². The highest BCUT2D eigenvalue weighted by molar-refractivity contribution is 5.98. The lowest BCUT2D eigenvalue weighted by atomic mass is 10.0. The van der Waals surface area contributed by atoms with Gasteiger partial charge in [0.2, 0.25) is 0 Å². The van der Waals surface area contributed by atoms with Gasteiger partial charge in [-0.2, -0.15) is 20.4 Å². The second-order valence-corrected chi connectivity index (χ2v) is 12.5. The minimum Gasteiger partial charge on any atom is -0.496 e. The Morgan fingerprint density at radius 1 is 0.509 bits per heavy atom. The van der Waals surface area contributed by atoms with Gasteiger partial charge in [-0.1, -0.05) is 0 Å². The van der Waals surface area contributed by atoms with Gasteiger partial charge in [-0.25, -0.2) is 28.6 Å². The molecule has 290 valence electrons. The van der Waals surface area contributed by atoms with Gasteiger partial charge in [-0.05, 0) is 35.4 Å². The standard InChI is InChI=1S/C20H19N5O4.C19H17N5O4/c1-24-10-14(8-22-24)13-7-21-19-15(9-23-25(19)11-13)12-5-16(27-2)18(20(26)29-4)17(6-12)28-3;1-23-9-13(7-21-23)12-6-20-18-14(8-22-24(18)10-12)11-4-15(27-2)17(19(25)26)16(5-11)28-3/h5-11H,1-4H3;4-10H,1-3H3,(H,25,26). The monoisotopic (exact) mass is 772 g/mol. The Hall–Kier alpha value is -7.76. The number of carboxylic acid groups (broad SMARTS) is 1. The molecule has 18 nitrogen and oxygen atoms in total. The molecular formula is C39H36N10O8. The number of aromatic nitrogens is 10. The molecule has 0 aliphatic rings. The van der Waals surface area contributed by atoms with Gasteiger partial charge in [0.1, 0.15) is 34.1 Å². The summed E-state index contributed by atoms with van der Waals surface area (Å²) in [6.45, 7) is 0. The molecule has 0 unspecified atom stereocenters. The van der Waals surface area contributed by atoms with Gasteiger partial charge >= 0.3 is 11.9 Å². The number of rotatable bonds is 10. The van der Waals surface area contributed by atoms with E-state index in [1.54, 1.807) is 79.8 Å². The normalized spacial score (nSPS) is 10.9. The van der Waals surface area contributed by atoms with E-state index in [2.05, 4.69) is 30.4 Å². The molecule has 0 saturated heterocycles. The van der Waals surface area contributed by atoms with Crippen LogP contribution in [0, 0.1) is 0 Å². The van der Waals surface area contributed by atoms with Crippen LogP contribution in [0.4, 0.5) is 0 Å². The third kappa shape index (κ3) is 7.13. The van der Waals surface area contributed by atoms with Gasteiger partial charge in [0.15, 0.2) is 11.3 Å². The van der Waals surface area contributed by atoms with Crippen molar-refractivity contribution in [3.8, 4) is 67.5 Å². The quantitative estimate of drug-likeness (QED) is 0.180. The number of methoxy groups -OCH3 is 5. The van der Waals surface area contributed by atoms with Crippen LogP contribution >= 0.6 is 0 Å². The second kappa shape index (κ2) is 15.5. The minimum atomic E-state index is -1.13. The predicted molar refractivity (Wildman–Crippen MR) is 206 cm³/mol. The Bertz CT molecular complexity index is 2730. The lowest BCUT2D eigenvalue weighted by Gasteiger charge is -2.13. The molecule has 6 aromatic heterocycles. The van der Waals surface area contributed by atoms with Crippen LogP contribution in [-0.2, 0) is 18.8 Å². The number of carbonyl (C=O) groups is 2. The van der Waals surface area contributed by atoms with Crippen molar-refractivity contribution in [2.45, 2.75) is 0 Å². The van der Waals surface area contributed by atoms with E-state index in [1.807, 2.05) is 38.9 Å². The van der Waals surface area contributed by atoms with Crippen LogP contribution < -0.4 is 18.9 Å². The van der Waals surface area contributed by atoms with Crippen molar-refractivity contribution in [1.82, 2.24) is 48.8 Å². The molecule has 8 aromatic rings. The molecular weight excluding hydrogens is 736 g/mol. The van der Waals surface area contributed by atoms with E-state index in [0.29, 0.717) is 28.4 Å². The summed E-state index contributed by atoms with van der Waals surface area (Å²) in [6, 6.07) is 6.75. The molecule has 0 bridgehead atoms. The zero-order chi connectivity index (χ0) is 40.4. The van der Waals surface area contributed by atoms with Gasteiger partial charge in [0.25, 0.3) is 0 Å². The Balaban J connectivity index is 0.000000174. The van der Waals surface area contributed by atoms with Gasteiger partial charge < -0.3 is 28.8 Å². The van der Waals surface area contributed by atoms with E-state index in [4.69, 9.17) is 23.7 Å². The molecule has 2 aromatic carbocycles. The molecule has 0 spiro atoms. The Kier molecular flexibility index (Phi) is 10.2. The third-order valence-electron chi connectivity index (χ3n) is 9.03. The number of fused-ring (bicyclic) bond motifs is 2. The molecule has 1 N–H and O–H groups in total. The maximum Gasteiger partial charge on any atom is 0.345 e. The van der Waals surface area contributed by atoms with Crippen LogP contribution in [0.15, 0.2) is 86.2 Å². The van der Waals surface area contributed by atoms with Gasteiger partial charge in [0, 0.05) is 84.7 Å². The van der Waals surface area contributed by atoms with Crippen LogP contribution in [0.5, 0.6) is 23.0 Å². The molecule has 0 saturated carbocycles. The van der Waals surface area contributed by atoms with Crippen LogP contribution in [-0.4, -0.2) is 101 Å². The Morgan fingerprint density at radius 3 is 1.23 bits per heavy atom. The van der Waals surface area contributed by atoms with Crippen molar-refractivity contribution in [2.24, 2.45) is 14.1 Å². The number of ether oxygens (including phenoxy) is 5. The van der Waals surface area contributed by atoms with Crippen molar-refractivity contribution in [3.05, 3.63) is 97.4 Å². The molecule has 18 heteroatoms. The van der Waals surface area contributed by atoms with E-state index < -0.39 is 11.9 Å². The van der Waals surface area contributed by atoms with Crippen LogP contribution in [0.25, 0.3) is 55.8 Å². The second-order valence-electron chi connectivity index (χ2n) is 12.5. The van der Waals surface area contributed by atoms with E-state index >= 15 is 0 Å². The van der Waals surface area contributed by atoms with Crippen LogP contribution in [0.2, 0.25) is 0 Å². The van der Waals surface area contributed by atoms with Crippen LogP contribution in [0.3, 0.4) is 0 Å². The summed E-state index contributed by atoms with van der Waals surface area (Å²) in [5.41, 5.74) is 8.09. The fourth-order valence-electron chi connectivity index (χ4n) is 6.24. The lowest BCUT2D eigenvalue weighted by molar-refractivity contribution is 0.0592.